The van der Waals surface area contributed by atoms with E-state index in [0.29, 0.717) is 5.56 Å². The van der Waals surface area contributed by atoms with E-state index in [4.69, 9.17) is 4.74 Å². The molecular weight excluding hydrogens is 339 g/mol. The molecule has 0 fully saturated rings. The van der Waals surface area contributed by atoms with Crippen molar-refractivity contribution in [2.24, 2.45) is 0 Å². The summed E-state index contributed by atoms with van der Waals surface area (Å²) in [4.78, 5) is 20.0. The Hall–Kier alpha value is -1.02. The van der Waals surface area contributed by atoms with Crippen molar-refractivity contribution in [3.05, 3.63) is 38.0 Å². The molecule has 2 heterocycles. The van der Waals surface area contributed by atoms with Crippen LogP contribution in [0.15, 0.2) is 23.8 Å². The first kappa shape index (κ1) is 11.5. The molecule has 0 amide bonds. The van der Waals surface area contributed by atoms with Crippen LogP contribution in [0.1, 0.15) is 16.1 Å². The van der Waals surface area contributed by atoms with Crippen LogP contribution >= 0.6 is 33.9 Å². The van der Waals surface area contributed by atoms with Crippen molar-refractivity contribution in [3.8, 4) is 5.88 Å². The first-order chi connectivity index (χ1) is 7.72. The number of thiophene rings is 1. The molecule has 82 valence electrons. The second-order valence-electron chi connectivity index (χ2n) is 2.88. The summed E-state index contributed by atoms with van der Waals surface area (Å²) in [5.41, 5.74) is 0.868. The monoisotopic (exact) mass is 346 g/mol. The summed E-state index contributed by atoms with van der Waals surface area (Å²) < 4.78 is 6.06. The minimum Gasteiger partial charge on any atom is -0.479 e. The average Bonchev–Trinajstić information content (AvgIpc) is 2.75. The van der Waals surface area contributed by atoms with Crippen molar-refractivity contribution in [2.75, 3.05) is 7.11 Å². The third-order valence-electron chi connectivity index (χ3n) is 1.90. The molecule has 4 nitrogen and oxygen atoms in total. The molecule has 0 N–H and O–H groups in total. The molecule has 2 aromatic rings. The van der Waals surface area contributed by atoms with Gasteiger partial charge in [-0.1, -0.05) is 0 Å². The molecule has 0 spiro atoms. The predicted molar refractivity (Wildman–Crippen MR) is 69.1 cm³/mol. The molecule has 0 atom stereocenters. The normalized spacial score (nSPS) is 10.1. The maximum absolute atomic E-state index is 12.1. The van der Waals surface area contributed by atoms with E-state index in [-0.39, 0.29) is 17.4 Å². The molecule has 0 aromatic carbocycles. The second kappa shape index (κ2) is 4.88. The van der Waals surface area contributed by atoms with E-state index in [0.717, 1.165) is 2.88 Å². The minimum absolute atomic E-state index is 0.163. The number of methoxy groups -OCH3 is 1. The zero-order valence-electron chi connectivity index (χ0n) is 8.31. The van der Waals surface area contributed by atoms with Crippen LogP contribution < -0.4 is 4.74 Å². The number of hydrogen-bond donors (Lipinski definition) is 0. The number of halogens is 1. The van der Waals surface area contributed by atoms with Crippen molar-refractivity contribution < 1.29 is 9.53 Å². The van der Waals surface area contributed by atoms with Gasteiger partial charge in [0, 0.05) is 23.3 Å². The predicted octanol–water partition coefficient (Wildman–Crippen LogP) is 2.38. The van der Waals surface area contributed by atoms with Crippen LogP contribution in [0.25, 0.3) is 0 Å². The van der Waals surface area contributed by atoms with E-state index in [1.54, 1.807) is 5.38 Å². The van der Waals surface area contributed by atoms with Gasteiger partial charge < -0.3 is 4.74 Å². The van der Waals surface area contributed by atoms with Crippen LogP contribution in [-0.4, -0.2) is 22.9 Å². The van der Waals surface area contributed by atoms with Gasteiger partial charge in [0.05, 0.1) is 9.99 Å². The molecule has 2 aromatic heterocycles. The number of ketones is 1. The Morgan fingerprint density at radius 1 is 1.44 bits per heavy atom. The molecule has 0 saturated carbocycles. The van der Waals surface area contributed by atoms with E-state index in [2.05, 4.69) is 32.6 Å². The van der Waals surface area contributed by atoms with Gasteiger partial charge in [-0.3, -0.25) is 4.79 Å². The number of nitrogens with zero attached hydrogens (tertiary/aromatic N) is 2. The summed E-state index contributed by atoms with van der Waals surface area (Å²) in [6.07, 6.45) is 2.97. The lowest BCUT2D eigenvalue weighted by molar-refractivity contribution is 0.103. The molecule has 0 bridgehead atoms. The fourth-order valence-electron chi connectivity index (χ4n) is 1.20. The number of carbonyl (C=O) groups excluding carboxylic acids is 1. The Morgan fingerprint density at radius 3 is 2.81 bits per heavy atom. The van der Waals surface area contributed by atoms with Crippen molar-refractivity contribution in [1.82, 2.24) is 9.97 Å². The fraction of sp³-hybridized carbons (Fsp3) is 0.100. The van der Waals surface area contributed by atoms with Crippen molar-refractivity contribution >= 4 is 39.7 Å². The van der Waals surface area contributed by atoms with Crippen LogP contribution in [0, 0.1) is 2.88 Å². The Kier molecular flexibility index (Phi) is 3.49. The summed E-state index contributed by atoms with van der Waals surface area (Å²) in [6, 6.07) is 1.82. The van der Waals surface area contributed by atoms with E-state index in [9.17, 15) is 4.79 Å². The number of aromatic nitrogens is 2. The smallest absolute Gasteiger partial charge is 0.243 e. The molecule has 0 unspecified atom stereocenters. The lowest BCUT2D eigenvalue weighted by Gasteiger charge is -2.02. The number of rotatable bonds is 3. The lowest BCUT2D eigenvalue weighted by atomic mass is 10.2. The maximum atomic E-state index is 12.1. The zero-order chi connectivity index (χ0) is 11.5. The summed E-state index contributed by atoms with van der Waals surface area (Å²) in [7, 11) is 1.47. The van der Waals surface area contributed by atoms with Gasteiger partial charge in [0.25, 0.3) is 0 Å². The van der Waals surface area contributed by atoms with Crippen LogP contribution in [0.3, 0.4) is 0 Å². The van der Waals surface area contributed by atoms with E-state index in [1.165, 1.54) is 30.8 Å². The van der Waals surface area contributed by atoms with Crippen LogP contribution in [0.2, 0.25) is 0 Å². The second-order valence-corrected chi connectivity index (χ2v) is 5.69. The Bertz CT molecular complexity index is 527. The van der Waals surface area contributed by atoms with Gasteiger partial charge in [0.2, 0.25) is 11.7 Å². The SMILES string of the molecule is COc1nccnc1C(=O)c1csc(I)c1. The summed E-state index contributed by atoms with van der Waals surface area (Å²) in [5, 5.41) is 1.80. The van der Waals surface area contributed by atoms with E-state index >= 15 is 0 Å². The molecule has 0 aliphatic carbocycles. The Morgan fingerprint density at radius 2 is 2.19 bits per heavy atom. The molecule has 0 aliphatic heterocycles. The molecular formula is C10H7IN2O2S. The zero-order valence-corrected chi connectivity index (χ0v) is 11.3. The average molecular weight is 346 g/mol. The van der Waals surface area contributed by atoms with Gasteiger partial charge in [-0.15, -0.1) is 11.3 Å². The number of carbonyl (C=O) groups is 1. The fourth-order valence-corrected chi connectivity index (χ4v) is 2.52. The quantitative estimate of drug-likeness (QED) is 0.633. The Balaban J connectivity index is 2.41. The summed E-state index contributed by atoms with van der Waals surface area (Å²) in [5.74, 6) is 0.0952. The highest BCUT2D eigenvalue weighted by atomic mass is 127. The highest BCUT2D eigenvalue weighted by molar-refractivity contribution is 14.1. The molecule has 0 aliphatic rings. The topological polar surface area (TPSA) is 52.1 Å². The van der Waals surface area contributed by atoms with Gasteiger partial charge in [-0.2, -0.15) is 0 Å². The molecule has 16 heavy (non-hydrogen) atoms. The highest BCUT2D eigenvalue weighted by Gasteiger charge is 2.17. The third kappa shape index (κ3) is 2.22. The first-order valence-electron chi connectivity index (χ1n) is 4.36. The molecule has 2 rings (SSSR count). The molecule has 0 radical (unpaired) electrons. The van der Waals surface area contributed by atoms with E-state index in [1.807, 2.05) is 6.07 Å². The number of ether oxygens (including phenoxy) is 1. The van der Waals surface area contributed by atoms with Crippen molar-refractivity contribution in [3.63, 3.8) is 0 Å². The van der Waals surface area contributed by atoms with Gasteiger partial charge in [-0.05, 0) is 28.7 Å². The van der Waals surface area contributed by atoms with Crippen LogP contribution in [0.5, 0.6) is 5.88 Å². The van der Waals surface area contributed by atoms with Gasteiger partial charge in [0.1, 0.15) is 0 Å². The maximum Gasteiger partial charge on any atom is 0.243 e. The van der Waals surface area contributed by atoms with Gasteiger partial charge >= 0.3 is 0 Å². The van der Waals surface area contributed by atoms with Crippen LogP contribution in [-0.2, 0) is 0 Å². The first-order valence-corrected chi connectivity index (χ1v) is 6.32. The molecule has 0 saturated heterocycles. The standard InChI is InChI=1S/C10H7IN2O2S/c1-15-10-8(12-2-3-13-10)9(14)6-4-7(11)16-5-6/h2-5H,1H3. The third-order valence-corrected chi connectivity index (χ3v) is 3.69. The highest BCUT2D eigenvalue weighted by Crippen LogP contribution is 2.21. The van der Waals surface area contributed by atoms with Crippen LogP contribution in [0.4, 0.5) is 0 Å². The van der Waals surface area contributed by atoms with Crippen molar-refractivity contribution in [1.29, 1.82) is 0 Å². The molecule has 6 heteroatoms. The van der Waals surface area contributed by atoms with E-state index < -0.39 is 0 Å². The minimum atomic E-state index is -0.163. The van der Waals surface area contributed by atoms with Crippen molar-refractivity contribution in [2.45, 2.75) is 0 Å². The van der Waals surface area contributed by atoms with Gasteiger partial charge in [-0.25, -0.2) is 9.97 Å². The summed E-state index contributed by atoms with van der Waals surface area (Å²) >= 11 is 3.69. The lowest BCUT2D eigenvalue weighted by Crippen LogP contribution is -2.06. The van der Waals surface area contributed by atoms with Gasteiger partial charge in [0.15, 0.2) is 5.69 Å². The largest absolute Gasteiger partial charge is 0.479 e. The Labute approximate surface area is 110 Å². The summed E-state index contributed by atoms with van der Waals surface area (Å²) in [6.45, 7) is 0. The number of hydrogen-bond acceptors (Lipinski definition) is 5.